The number of rotatable bonds is 5. The fourth-order valence-electron chi connectivity index (χ4n) is 2.30. The van der Waals surface area contributed by atoms with Gasteiger partial charge in [0.05, 0.1) is 21.1 Å². The maximum Gasteiger partial charge on any atom is 0.210 e. The van der Waals surface area contributed by atoms with E-state index in [1.807, 2.05) is 25.5 Å². The zero-order valence-electron chi connectivity index (χ0n) is 12.3. The van der Waals surface area contributed by atoms with Gasteiger partial charge < -0.3 is 15.2 Å². The number of hydrogen-bond acceptors (Lipinski definition) is 6. The average Bonchev–Trinajstić information content (AvgIpc) is 2.94. The van der Waals surface area contributed by atoms with Crippen molar-refractivity contribution in [3.05, 3.63) is 26.8 Å². The van der Waals surface area contributed by atoms with Crippen molar-refractivity contribution in [2.75, 3.05) is 32.5 Å². The summed E-state index contributed by atoms with van der Waals surface area (Å²) in [4.78, 5) is 17.9. The molecule has 3 heterocycles. The van der Waals surface area contributed by atoms with Crippen LogP contribution in [-0.2, 0) is 0 Å². The highest BCUT2D eigenvalue weighted by molar-refractivity contribution is 7.17. The van der Waals surface area contributed by atoms with Crippen LogP contribution in [0.2, 0.25) is 5.15 Å². The Morgan fingerprint density at radius 3 is 3.00 bits per heavy atom. The molecule has 3 rings (SSSR count). The summed E-state index contributed by atoms with van der Waals surface area (Å²) in [5.41, 5.74) is 1.30. The van der Waals surface area contributed by atoms with E-state index in [0.29, 0.717) is 21.4 Å². The zero-order chi connectivity index (χ0) is 15.7. The molecule has 6 nitrogen and oxygen atoms in total. The first-order chi connectivity index (χ1) is 10.6. The summed E-state index contributed by atoms with van der Waals surface area (Å²) in [6.07, 6.45) is 0.962. The first-order valence-electron chi connectivity index (χ1n) is 6.92. The molecule has 116 valence electrons. The number of thiophene rings is 1. The topological polar surface area (TPSA) is 73.9 Å². The number of fused-ring (bicyclic) bond motifs is 2. The SMILES string of the molecule is CN(C)CCCNc1nnc(Cl)c2c(=O)c3sccc3[nH]c12. The molecular weight excluding hydrogens is 322 g/mol. The van der Waals surface area contributed by atoms with Gasteiger partial charge in [0.15, 0.2) is 11.0 Å². The van der Waals surface area contributed by atoms with Crippen molar-refractivity contribution in [1.29, 1.82) is 0 Å². The van der Waals surface area contributed by atoms with Crippen LogP contribution in [-0.4, -0.2) is 47.3 Å². The normalized spacial score (nSPS) is 11.6. The van der Waals surface area contributed by atoms with Crippen molar-refractivity contribution in [3.63, 3.8) is 0 Å². The van der Waals surface area contributed by atoms with Crippen LogP contribution in [0.5, 0.6) is 0 Å². The van der Waals surface area contributed by atoms with Gasteiger partial charge in [0.2, 0.25) is 5.43 Å². The molecular formula is C14H16ClN5OS. The second-order valence-electron chi connectivity index (χ2n) is 5.29. The minimum Gasteiger partial charge on any atom is -0.367 e. The highest BCUT2D eigenvalue weighted by Gasteiger charge is 2.15. The molecule has 0 saturated carbocycles. The van der Waals surface area contributed by atoms with Crippen molar-refractivity contribution in [2.24, 2.45) is 0 Å². The Morgan fingerprint density at radius 2 is 2.23 bits per heavy atom. The molecule has 0 bridgehead atoms. The van der Waals surface area contributed by atoms with Crippen LogP contribution in [0.25, 0.3) is 21.1 Å². The summed E-state index contributed by atoms with van der Waals surface area (Å²) >= 11 is 7.47. The highest BCUT2D eigenvalue weighted by Crippen LogP contribution is 2.26. The van der Waals surface area contributed by atoms with Crippen molar-refractivity contribution >= 4 is 49.9 Å². The van der Waals surface area contributed by atoms with Gasteiger partial charge in [-0.05, 0) is 38.5 Å². The lowest BCUT2D eigenvalue weighted by Gasteiger charge is -2.11. The van der Waals surface area contributed by atoms with Crippen LogP contribution < -0.4 is 10.7 Å². The number of pyridine rings is 1. The summed E-state index contributed by atoms with van der Waals surface area (Å²) in [5.74, 6) is 0.559. The molecule has 3 aromatic heterocycles. The average molecular weight is 338 g/mol. The van der Waals surface area contributed by atoms with Gasteiger partial charge in [-0.2, -0.15) is 0 Å². The molecule has 0 amide bonds. The summed E-state index contributed by atoms with van der Waals surface area (Å²) in [7, 11) is 4.06. The predicted molar refractivity (Wildman–Crippen MR) is 92.2 cm³/mol. The third-order valence-electron chi connectivity index (χ3n) is 3.36. The maximum atomic E-state index is 12.5. The van der Waals surface area contributed by atoms with Gasteiger partial charge in [0, 0.05) is 6.54 Å². The van der Waals surface area contributed by atoms with E-state index in [4.69, 9.17) is 11.6 Å². The van der Waals surface area contributed by atoms with Gasteiger partial charge in [-0.25, -0.2) is 0 Å². The molecule has 2 N–H and O–H groups in total. The van der Waals surface area contributed by atoms with E-state index < -0.39 is 0 Å². The molecule has 0 fully saturated rings. The maximum absolute atomic E-state index is 12.5. The molecule has 0 aliphatic rings. The lowest BCUT2D eigenvalue weighted by molar-refractivity contribution is 0.405. The lowest BCUT2D eigenvalue weighted by Crippen LogP contribution is -2.17. The number of halogens is 1. The molecule has 0 spiro atoms. The van der Waals surface area contributed by atoms with Gasteiger partial charge in [-0.1, -0.05) is 11.6 Å². The largest absolute Gasteiger partial charge is 0.367 e. The molecule has 0 aromatic carbocycles. The van der Waals surface area contributed by atoms with Crippen molar-refractivity contribution in [1.82, 2.24) is 20.1 Å². The third-order valence-corrected chi connectivity index (χ3v) is 4.54. The number of anilines is 1. The minimum atomic E-state index is -0.102. The fourth-order valence-corrected chi connectivity index (χ4v) is 3.32. The smallest absolute Gasteiger partial charge is 0.210 e. The Morgan fingerprint density at radius 1 is 1.41 bits per heavy atom. The van der Waals surface area contributed by atoms with Crippen molar-refractivity contribution in [2.45, 2.75) is 6.42 Å². The summed E-state index contributed by atoms with van der Waals surface area (Å²) in [5, 5.41) is 13.6. The van der Waals surface area contributed by atoms with Crippen LogP contribution in [0.3, 0.4) is 0 Å². The second kappa shape index (κ2) is 6.20. The van der Waals surface area contributed by atoms with Crippen LogP contribution in [0.1, 0.15) is 6.42 Å². The van der Waals surface area contributed by atoms with Gasteiger partial charge in [-0.15, -0.1) is 21.5 Å². The number of hydrogen-bond donors (Lipinski definition) is 2. The number of aromatic amines is 1. The standard InChI is InChI=1S/C14H16ClN5OS/c1-20(2)6-3-5-16-14-10-9(13(15)18-19-14)11(21)12-8(17-10)4-7-22-12/h4,7H,3,5-6H2,1-2H3,(H,16,19)(H,17,21). The molecule has 0 aliphatic heterocycles. The molecule has 0 unspecified atom stereocenters. The quantitative estimate of drug-likeness (QED) is 0.700. The Balaban J connectivity index is 2.02. The van der Waals surface area contributed by atoms with Gasteiger partial charge >= 0.3 is 0 Å². The van der Waals surface area contributed by atoms with Crippen LogP contribution in [0, 0.1) is 0 Å². The second-order valence-corrected chi connectivity index (χ2v) is 6.56. The Hall–Kier alpha value is -1.70. The number of H-pyrrole nitrogens is 1. The number of aromatic nitrogens is 3. The van der Waals surface area contributed by atoms with Crippen molar-refractivity contribution < 1.29 is 0 Å². The van der Waals surface area contributed by atoms with E-state index in [2.05, 4.69) is 25.4 Å². The predicted octanol–water partition coefficient (Wildman–Crippen LogP) is 2.55. The zero-order valence-corrected chi connectivity index (χ0v) is 13.9. The first-order valence-corrected chi connectivity index (χ1v) is 8.17. The van der Waals surface area contributed by atoms with E-state index in [-0.39, 0.29) is 10.6 Å². The first kappa shape index (κ1) is 15.2. The fraction of sp³-hybridized carbons (Fsp3) is 0.357. The van der Waals surface area contributed by atoms with Crippen molar-refractivity contribution in [3.8, 4) is 0 Å². The number of nitrogens with one attached hydrogen (secondary N) is 2. The number of nitrogens with zero attached hydrogens (tertiary/aromatic N) is 3. The summed E-state index contributed by atoms with van der Waals surface area (Å²) in [6.45, 7) is 1.71. The molecule has 3 aromatic rings. The van der Waals surface area contributed by atoms with E-state index in [1.54, 1.807) is 0 Å². The summed E-state index contributed by atoms with van der Waals surface area (Å²) in [6, 6.07) is 1.88. The van der Waals surface area contributed by atoms with Gasteiger partial charge in [0.25, 0.3) is 0 Å². The van der Waals surface area contributed by atoms with E-state index in [9.17, 15) is 4.79 Å². The van der Waals surface area contributed by atoms with Crippen LogP contribution in [0.15, 0.2) is 16.2 Å². The van der Waals surface area contributed by atoms with Crippen LogP contribution >= 0.6 is 22.9 Å². The Labute approximate surface area is 136 Å². The Bertz CT molecular complexity index is 873. The van der Waals surface area contributed by atoms with Gasteiger partial charge in [-0.3, -0.25) is 4.79 Å². The third kappa shape index (κ3) is 2.79. The van der Waals surface area contributed by atoms with E-state index >= 15 is 0 Å². The van der Waals surface area contributed by atoms with Gasteiger partial charge in [0.1, 0.15) is 0 Å². The molecule has 8 heteroatoms. The molecule has 0 atom stereocenters. The monoisotopic (exact) mass is 337 g/mol. The molecule has 0 aliphatic carbocycles. The highest BCUT2D eigenvalue weighted by atomic mass is 35.5. The van der Waals surface area contributed by atoms with E-state index in [0.717, 1.165) is 25.0 Å². The molecule has 0 radical (unpaired) electrons. The minimum absolute atomic E-state index is 0.102. The van der Waals surface area contributed by atoms with Crippen LogP contribution in [0.4, 0.5) is 5.82 Å². The molecule has 22 heavy (non-hydrogen) atoms. The lowest BCUT2D eigenvalue weighted by atomic mass is 10.2. The summed E-state index contributed by atoms with van der Waals surface area (Å²) < 4.78 is 0.654. The Kier molecular flexibility index (Phi) is 4.28. The molecule has 0 saturated heterocycles. The van der Waals surface area contributed by atoms with E-state index in [1.165, 1.54) is 11.3 Å².